The molecule has 0 fully saturated rings. The third kappa shape index (κ3) is 3.07. The Kier molecular flexibility index (Phi) is 3.80. The Morgan fingerprint density at radius 3 is 2.89 bits per heavy atom. The summed E-state index contributed by atoms with van der Waals surface area (Å²) in [5.74, 6) is 0.126. The number of rotatable bonds is 3. The van der Waals surface area contributed by atoms with Gasteiger partial charge in [-0.25, -0.2) is 0 Å². The number of hydrogen-bond acceptors (Lipinski definition) is 3. The van der Waals surface area contributed by atoms with Crippen molar-refractivity contribution in [2.45, 2.75) is 38.8 Å². The molecule has 1 aliphatic rings. The van der Waals surface area contributed by atoms with Gasteiger partial charge in [0.1, 0.15) is 0 Å². The lowest BCUT2D eigenvalue weighted by molar-refractivity contribution is -0.137. The molecule has 19 heavy (non-hydrogen) atoms. The predicted octanol–water partition coefficient (Wildman–Crippen LogP) is 1.97. The lowest BCUT2D eigenvalue weighted by Crippen LogP contribution is -2.40. The highest BCUT2D eigenvalue weighted by atomic mass is 16.5. The van der Waals surface area contributed by atoms with Crippen molar-refractivity contribution in [1.82, 2.24) is 4.90 Å². The van der Waals surface area contributed by atoms with Crippen LogP contribution in [0.2, 0.25) is 0 Å². The van der Waals surface area contributed by atoms with Gasteiger partial charge in [0, 0.05) is 25.9 Å². The summed E-state index contributed by atoms with van der Waals surface area (Å²) in [5, 5.41) is 0. The Bertz CT molecular complexity index is 483. The molecule has 1 aromatic carbocycles. The lowest BCUT2D eigenvalue weighted by Gasteiger charge is -2.32. The highest BCUT2D eigenvalue weighted by Gasteiger charge is 2.27. The first-order chi connectivity index (χ1) is 8.93. The Balaban J connectivity index is 2.10. The van der Waals surface area contributed by atoms with E-state index in [9.17, 15) is 4.79 Å². The van der Waals surface area contributed by atoms with Crippen molar-refractivity contribution in [2.24, 2.45) is 0 Å². The van der Waals surface area contributed by atoms with Crippen molar-refractivity contribution >= 4 is 11.6 Å². The van der Waals surface area contributed by atoms with E-state index in [-0.39, 0.29) is 5.91 Å². The molecule has 2 rings (SSSR count). The van der Waals surface area contributed by atoms with Gasteiger partial charge in [-0.2, -0.15) is 0 Å². The Morgan fingerprint density at radius 2 is 2.21 bits per heavy atom. The molecule has 1 aromatic rings. The van der Waals surface area contributed by atoms with E-state index in [0.29, 0.717) is 13.0 Å². The second-order valence-electron chi connectivity index (χ2n) is 5.69. The van der Waals surface area contributed by atoms with Gasteiger partial charge in [0.05, 0.1) is 12.0 Å². The van der Waals surface area contributed by atoms with Crippen molar-refractivity contribution in [3.63, 3.8) is 0 Å². The molecule has 1 amide bonds. The van der Waals surface area contributed by atoms with Crippen LogP contribution in [0.3, 0.4) is 0 Å². The maximum Gasteiger partial charge on any atom is 0.225 e. The fourth-order valence-electron chi connectivity index (χ4n) is 2.37. The van der Waals surface area contributed by atoms with Crippen molar-refractivity contribution in [3.8, 4) is 0 Å². The molecule has 0 aliphatic carbocycles. The van der Waals surface area contributed by atoms with Gasteiger partial charge in [-0.15, -0.1) is 0 Å². The average Bonchev–Trinajstić information content (AvgIpc) is 2.38. The van der Waals surface area contributed by atoms with E-state index in [1.807, 2.05) is 30.9 Å². The zero-order valence-corrected chi connectivity index (χ0v) is 11.9. The molecule has 0 bridgehead atoms. The van der Waals surface area contributed by atoms with Gasteiger partial charge >= 0.3 is 0 Å². The third-order valence-corrected chi connectivity index (χ3v) is 3.79. The highest BCUT2D eigenvalue weighted by Crippen LogP contribution is 2.25. The van der Waals surface area contributed by atoms with Crippen LogP contribution in [0.1, 0.15) is 31.4 Å². The topological polar surface area (TPSA) is 55.6 Å². The summed E-state index contributed by atoms with van der Waals surface area (Å²) in [5.41, 5.74) is 8.71. The van der Waals surface area contributed by atoms with Gasteiger partial charge < -0.3 is 15.4 Å². The highest BCUT2D eigenvalue weighted by molar-refractivity contribution is 5.78. The average molecular weight is 262 g/mol. The number of fused-ring (bicyclic) bond motifs is 1. The minimum Gasteiger partial charge on any atom is -0.398 e. The predicted molar refractivity (Wildman–Crippen MR) is 75.7 cm³/mol. The first kappa shape index (κ1) is 13.9. The molecule has 4 nitrogen and oxygen atoms in total. The minimum atomic E-state index is -0.417. The lowest BCUT2D eigenvalue weighted by atomic mass is 9.96. The molecule has 0 spiro atoms. The molecule has 0 saturated carbocycles. The summed E-state index contributed by atoms with van der Waals surface area (Å²) in [7, 11) is 1.64. The fourth-order valence-corrected chi connectivity index (χ4v) is 2.37. The molecule has 2 N–H and O–H groups in total. The summed E-state index contributed by atoms with van der Waals surface area (Å²) >= 11 is 0. The number of carbonyl (C=O) groups excluding carboxylic acids is 1. The molecule has 1 aliphatic heterocycles. The number of nitrogens with two attached hydrogens (primary N) is 1. The maximum atomic E-state index is 12.3. The van der Waals surface area contributed by atoms with Crippen LogP contribution in [0.5, 0.6) is 0 Å². The van der Waals surface area contributed by atoms with E-state index in [0.717, 1.165) is 24.2 Å². The van der Waals surface area contributed by atoms with Gasteiger partial charge in [-0.1, -0.05) is 12.1 Å². The molecule has 0 aromatic heterocycles. The molecule has 1 heterocycles. The first-order valence-electron chi connectivity index (χ1n) is 6.62. The van der Waals surface area contributed by atoms with Gasteiger partial charge in [0.2, 0.25) is 5.91 Å². The molecule has 104 valence electrons. The van der Waals surface area contributed by atoms with Crippen LogP contribution in [0, 0.1) is 0 Å². The largest absolute Gasteiger partial charge is 0.398 e. The van der Waals surface area contributed by atoms with Crippen molar-refractivity contribution in [1.29, 1.82) is 0 Å². The molecular weight excluding hydrogens is 240 g/mol. The van der Waals surface area contributed by atoms with Gasteiger partial charge in [0.25, 0.3) is 0 Å². The van der Waals surface area contributed by atoms with Crippen LogP contribution in [-0.2, 0) is 22.5 Å². The van der Waals surface area contributed by atoms with Crippen LogP contribution in [0.15, 0.2) is 18.2 Å². The Morgan fingerprint density at radius 1 is 1.47 bits per heavy atom. The van der Waals surface area contributed by atoms with Crippen molar-refractivity contribution in [3.05, 3.63) is 29.3 Å². The number of amides is 1. The van der Waals surface area contributed by atoms with Gasteiger partial charge in [-0.05, 0) is 37.5 Å². The number of ether oxygens (including phenoxy) is 1. The third-order valence-electron chi connectivity index (χ3n) is 3.79. The Hall–Kier alpha value is -1.55. The molecular formula is C15H22N2O2. The molecule has 0 atom stereocenters. The summed E-state index contributed by atoms with van der Waals surface area (Å²) in [6, 6.07) is 5.96. The zero-order chi connectivity index (χ0) is 14.0. The summed E-state index contributed by atoms with van der Waals surface area (Å²) < 4.78 is 5.32. The minimum absolute atomic E-state index is 0.126. The smallest absolute Gasteiger partial charge is 0.225 e. The molecule has 4 heteroatoms. The molecule has 0 radical (unpaired) electrons. The number of nitrogens with zero attached hydrogens (tertiary/aromatic N) is 1. The quantitative estimate of drug-likeness (QED) is 0.847. The van der Waals surface area contributed by atoms with Gasteiger partial charge in [0.15, 0.2) is 0 Å². The van der Waals surface area contributed by atoms with Crippen LogP contribution in [0.25, 0.3) is 0 Å². The van der Waals surface area contributed by atoms with Gasteiger partial charge in [-0.3, -0.25) is 4.79 Å². The van der Waals surface area contributed by atoms with Crippen molar-refractivity contribution < 1.29 is 9.53 Å². The van der Waals surface area contributed by atoms with E-state index in [2.05, 4.69) is 6.07 Å². The van der Waals surface area contributed by atoms with E-state index in [1.165, 1.54) is 5.56 Å². The fraction of sp³-hybridized carbons (Fsp3) is 0.533. The summed E-state index contributed by atoms with van der Waals surface area (Å²) in [6.07, 6.45) is 1.27. The number of hydrogen-bond donors (Lipinski definition) is 1. The molecule has 0 saturated heterocycles. The monoisotopic (exact) mass is 262 g/mol. The first-order valence-corrected chi connectivity index (χ1v) is 6.62. The van der Waals surface area contributed by atoms with E-state index in [4.69, 9.17) is 10.5 Å². The number of benzene rings is 1. The summed E-state index contributed by atoms with van der Waals surface area (Å²) in [4.78, 5) is 14.2. The zero-order valence-electron chi connectivity index (χ0n) is 11.9. The van der Waals surface area contributed by atoms with E-state index >= 15 is 0 Å². The SMILES string of the molecule is COC(C)(C)CC(=O)N1CCc2cccc(N)c2C1. The normalized spacial score (nSPS) is 15.2. The van der Waals surface area contributed by atoms with Crippen molar-refractivity contribution in [2.75, 3.05) is 19.4 Å². The van der Waals surface area contributed by atoms with E-state index in [1.54, 1.807) is 7.11 Å². The number of nitrogen functional groups attached to an aromatic ring is 1. The van der Waals surface area contributed by atoms with Crippen LogP contribution in [0.4, 0.5) is 5.69 Å². The summed E-state index contributed by atoms with van der Waals surface area (Å²) in [6.45, 7) is 5.23. The Labute approximate surface area is 114 Å². The number of anilines is 1. The number of carbonyl (C=O) groups is 1. The van der Waals surface area contributed by atoms with Crippen LogP contribution < -0.4 is 5.73 Å². The van der Waals surface area contributed by atoms with E-state index < -0.39 is 5.60 Å². The second kappa shape index (κ2) is 5.21. The van der Waals surface area contributed by atoms with Crippen LogP contribution in [-0.4, -0.2) is 30.1 Å². The number of methoxy groups -OCH3 is 1. The standard InChI is InChI=1S/C15H22N2O2/c1-15(2,19-3)9-14(18)17-8-7-11-5-4-6-13(16)12(11)10-17/h4-6H,7-10,16H2,1-3H3. The maximum absolute atomic E-state index is 12.3. The molecule has 0 unspecified atom stereocenters. The van der Waals surface area contributed by atoms with Crippen LogP contribution >= 0.6 is 0 Å². The second-order valence-corrected chi connectivity index (χ2v) is 5.69.